The Hall–Kier alpha value is -2.94. The van der Waals surface area contributed by atoms with Gasteiger partial charge in [-0.05, 0) is 30.5 Å². The van der Waals surface area contributed by atoms with E-state index in [1.165, 1.54) is 0 Å². The van der Waals surface area contributed by atoms with E-state index in [4.69, 9.17) is 4.74 Å². The fraction of sp³-hybridized carbons (Fsp3) is 0.0526. The zero-order valence-electron chi connectivity index (χ0n) is 11.9. The minimum atomic E-state index is -0.492. The highest BCUT2D eigenvalue weighted by Gasteiger charge is 2.33. The molecule has 0 saturated heterocycles. The summed E-state index contributed by atoms with van der Waals surface area (Å²) >= 11 is 0. The Morgan fingerprint density at radius 2 is 1.59 bits per heavy atom. The van der Waals surface area contributed by atoms with Gasteiger partial charge in [-0.15, -0.1) is 0 Å². The summed E-state index contributed by atoms with van der Waals surface area (Å²) in [5.41, 5.74) is 1.97. The van der Waals surface area contributed by atoms with Gasteiger partial charge in [0, 0.05) is 10.9 Å². The Bertz CT molecular complexity index is 937. The van der Waals surface area contributed by atoms with Gasteiger partial charge in [0.05, 0.1) is 5.56 Å². The van der Waals surface area contributed by atoms with Gasteiger partial charge in [0.25, 0.3) is 0 Å². The van der Waals surface area contributed by atoms with Crippen molar-refractivity contribution < 1.29 is 14.3 Å². The van der Waals surface area contributed by atoms with Crippen molar-refractivity contribution in [1.29, 1.82) is 0 Å². The van der Waals surface area contributed by atoms with E-state index in [0.717, 1.165) is 10.9 Å². The Morgan fingerprint density at radius 1 is 0.818 bits per heavy atom. The Balaban J connectivity index is 1.90. The molecule has 0 radical (unpaired) electrons. The first-order valence-electron chi connectivity index (χ1n) is 7.04. The van der Waals surface area contributed by atoms with E-state index in [2.05, 4.69) is 0 Å². The monoisotopic (exact) mass is 288 g/mol. The van der Waals surface area contributed by atoms with Crippen LogP contribution in [0.3, 0.4) is 0 Å². The van der Waals surface area contributed by atoms with Gasteiger partial charge >= 0.3 is 0 Å². The Kier molecular flexibility index (Phi) is 2.63. The zero-order chi connectivity index (χ0) is 15.3. The van der Waals surface area contributed by atoms with Crippen molar-refractivity contribution in [2.45, 2.75) is 6.92 Å². The second kappa shape index (κ2) is 4.53. The molecule has 0 aliphatic heterocycles. The van der Waals surface area contributed by atoms with Crippen molar-refractivity contribution in [2.75, 3.05) is 0 Å². The number of benzene rings is 3. The first-order chi connectivity index (χ1) is 10.6. The molecule has 0 spiro atoms. The lowest BCUT2D eigenvalue weighted by Crippen LogP contribution is -2.07. The number of Topliss-reactive ketones (excluding diaryl/α,β-unsaturated/α-hetero) is 2. The first-order valence-corrected chi connectivity index (χ1v) is 7.04. The third-order valence-corrected chi connectivity index (χ3v) is 3.93. The van der Waals surface area contributed by atoms with Crippen molar-refractivity contribution in [3.63, 3.8) is 0 Å². The molecular formula is C19H12O3. The molecule has 3 aromatic carbocycles. The minimum Gasteiger partial charge on any atom is -0.457 e. The number of ketones is 2. The van der Waals surface area contributed by atoms with Crippen molar-refractivity contribution in [2.24, 2.45) is 0 Å². The lowest BCUT2D eigenvalue weighted by Gasteiger charge is -2.10. The fourth-order valence-corrected chi connectivity index (χ4v) is 2.83. The van der Waals surface area contributed by atoms with E-state index in [1.807, 2.05) is 43.3 Å². The Labute approximate surface area is 127 Å². The molecule has 0 aromatic heterocycles. The second-order valence-electron chi connectivity index (χ2n) is 5.42. The summed E-state index contributed by atoms with van der Waals surface area (Å²) in [7, 11) is 0. The van der Waals surface area contributed by atoms with Gasteiger partial charge in [-0.2, -0.15) is 0 Å². The molecule has 106 valence electrons. The lowest BCUT2D eigenvalue weighted by atomic mass is 10.0. The average molecular weight is 288 g/mol. The van der Waals surface area contributed by atoms with Crippen molar-refractivity contribution in [3.8, 4) is 11.5 Å². The summed E-state index contributed by atoms with van der Waals surface area (Å²) in [5.74, 6) is 0.125. The molecule has 1 aliphatic carbocycles. The number of hydrogen-bond acceptors (Lipinski definition) is 3. The van der Waals surface area contributed by atoms with Crippen LogP contribution in [0, 0.1) is 6.92 Å². The van der Waals surface area contributed by atoms with E-state index in [0.29, 0.717) is 28.0 Å². The summed E-state index contributed by atoms with van der Waals surface area (Å²) in [4.78, 5) is 24.4. The molecule has 0 atom stereocenters. The maximum absolute atomic E-state index is 12.3. The van der Waals surface area contributed by atoms with Gasteiger partial charge in [0.2, 0.25) is 11.6 Å². The predicted molar refractivity (Wildman–Crippen MR) is 83.9 cm³/mol. The molecule has 0 fully saturated rings. The van der Waals surface area contributed by atoms with Crippen LogP contribution in [0.15, 0.2) is 54.6 Å². The minimum absolute atomic E-state index is 0.374. The number of carbonyl (C=O) groups is 2. The largest absolute Gasteiger partial charge is 0.457 e. The standard InChI is InChI=1S/C19H12O3/c1-11-5-8-13(9-6-11)22-15-10-7-12-3-2-4-14-16(12)17(15)19(21)18(14)20/h2-10H,1H3. The quantitative estimate of drug-likeness (QED) is 0.660. The molecule has 1 aliphatic rings. The Morgan fingerprint density at radius 3 is 2.36 bits per heavy atom. The van der Waals surface area contributed by atoms with E-state index in [-0.39, 0.29) is 0 Å². The van der Waals surface area contributed by atoms with Crippen LogP contribution in [0.2, 0.25) is 0 Å². The van der Waals surface area contributed by atoms with Gasteiger partial charge in [0.15, 0.2) is 0 Å². The first kappa shape index (κ1) is 12.8. The second-order valence-corrected chi connectivity index (χ2v) is 5.42. The van der Waals surface area contributed by atoms with Crippen LogP contribution in [-0.4, -0.2) is 11.6 Å². The van der Waals surface area contributed by atoms with Crippen molar-refractivity contribution in [3.05, 3.63) is 71.3 Å². The molecule has 3 heteroatoms. The van der Waals surface area contributed by atoms with Crippen molar-refractivity contribution in [1.82, 2.24) is 0 Å². The van der Waals surface area contributed by atoms with Crippen LogP contribution in [0.5, 0.6) is 11.5 Å². The van der Waals surface area contributed by atoms with Crippen LogP contribution in [0.4, 0.5) is 0 Å². The highest BCUT2D eigenvalue weighted by molar-refractivity contribution is 6.57. The topological polar surface area (TPSA) is 43.4 Å². The third kappa shape index (κ3) is 1.76. The smallest absolute Gasteiger partial charge is 0.237 e. The highest BCUT2D eigenvalue weighted by atomic mass is 16.5. The fourth-order valence-electron chi connectivity index (χ4n) is 2.83. The number of hydrogen-bond donors (Lipinski definition) is 0. The molecule has 4 rings (SSSR count). The van der Waals surface area contributed by atoms with Crippen LogP contribution < -0.4 is 4.74 Å². The van der Waals surface area contributed by atoms with Gasteiger partial charge < -0.3 is 4.74 Å². The lowest BCUT2D eigenvalue weighted by molar-refractivity contribution is 0.0824. The van der Waals surface area contributed by atoms with Gasteiger partial charge in [-0.3, -0.25) is 9.59 Å². The molecule has 0 saturated carbocycles. The van der Waals surface area contributed by atoms with Crippen LogP contribution in [0.25, 0.3) is 10.8 Å². The van der Waals surface area contributed by atoms with Gasteiger partial charge in [0.1, 0.15) is 11.5 Å². The number of ether oxygens (including phenoxy) is 1. The summed E-state index contributed by atoms with van der Waals surface area (Å²) in [5, 5.41) is 1.57. The summed E-state index contributed by atoms with van der Waals surface area (Å²) in [6.07, 6.45) is 0. The molecule has 0 bridgehead atoms. The van der Waals surface area contributed by atoms with Crippen molar-refractivity contribution >= 4 is 22.3 Å². The molecular weight excluding hydrogens is 276 g/mol. The number of rotatable bonds is 2. The zero-order valence-corrected chi connectivity index (χ0v) is 11.9. The van der Waals surface area contributed by atoms with E-state index in [9.17, 15) is 9.59 Å². The molecule has 22 heavy (non-hydrogen) atoms. The van der Waals surface area contributed by atoms with E-state index in [1.54, 1.807) is 18.2 Å². The molecule has 0 heterocycles. The summed E-state index contributed by atoms with van der Waals surface area (Å²) in [6.45, 7) is 1.99. The highest BCUT2D eigenvalue weighted by Crippen LogP contribution is 2.38. The summed E-state index contributed by atoms with van der Waals surface area (Å²) in [6, 6.07) is 16.6. The van der Waals surface area contributed by atoms with Gasteiger partial charge in [-0.25, -0.2) is 0 Å². The number of aryl methyl sites for hydroxylation is 1. The molecule has 0 amide bonds. The predicted octanol–water partition coefficient (Wildman–Crippen LogP) is 4.32. The molecule has 3 aromatic rings. The maximum Gasteiger partial charge on any atom is 0.237 e. The SMILES string of the molecule is Cc1ccc(Oc2ccc3cccc4c3c2C(=O)C4=O)cc1. The number of carbonyl (C=O) groups excluding carboxylic acids is 2. The van der Waals surface area contributed by atoms with Gasteiger partial charge in [-0.1, -0.05) is 42.0 Å². The van der Waals surface area contributed by atoms with Crippen LogP contribution >= 0.6 is 0 Å². The molecule has 0 unspecified atom stereocenters. The average Bonchev–Trinajstić information content (AvgIpc) is 2.79. The van der Waals surface area contributed by atoms with E-state index < -0.39 is 11.6 Å². The maximum atomic E-state index is 12.3. The van der Waals surface area contributed by atoms with E-state index >= 15 is 0 Å². The normalized spacial score (nSPS) is 13.0. The van der Waals surface area contributed by atoms with Crippen LogP contribution in [-0.2, 0) is 0 Å². The van der Waals surface area contributed by atoms with Crippen LogP contribution in [0.1, 0.15) is 26.3 Å². The third-order valence-electron chi connectivity index (χ3n) is 3.93. The summed E-state index contributed by atoms with van der Waals surface area (Å²) < 4.78 is 5.84. The molecule has 0 N–H and O–H groups in total. The molecule has 3 nitrogen and oxygen atoms in total.